The molecule has 0 saturated carbocycles. The number of aromatic nitrogens is 6. The van der Waals surface area contributed by atoms with Crippen molar-refractivity contribution < 1.29 is 95.2 Å². The maximum Gasteiger partial charge on any atom is 0.481 e. The number of nitrogens with zero attached hydrogens (tertiary/aromatic N) is 5. The summed E-state index contributed by atoms with van der Waals surface area (Å²) in [6.07, 6.45) is -8.05. The number of anilines is 5. The molecule has 6 rings (SSSR count). The number of aromatic amines is 1. The number of H-pyrrole nitrogens is 1. The molecule has 0 spiro atoms. The molecule has 4 aromatic rings. The van der Waals surface area contributed by atoms with Gasteiger partial charge in [0.2, 0.25) is 22.9 Å². The maximum atomic E-state index is 13.1. The number of nitrogens with one attached hydrogen (secondary N) is 7. The molecule has 9 atom stereocenters. The number of phosphoric acid groups is 3. The standard InChI is InChI=1S/C40H57N14O21P3S/c1-40(2,16-72-78(69,70)75-77(67,68)71-15-23-29(74-76(64,65)66)28(58)37(73-23)54-18-49-26-31(41)47-17-48-33(26)54)30(59)36(62)44-10-9-24(55)43-11-12-79-38(63)22(7-8-25(56)57)51-34(60)19-3-5-20(6-4-19)45-13-21-14-46-32-27(50-21)35(61)53-39(42)52-32/h3-6,17-18,21-23,28-30,37,45,50,58-59H,7-16H2,1-2H3,(H,43,55)(H,44,62)(H,51,60)(H,56,57)(H,67,68)(H,69,70)(H2,41,47,48)(H2,64,65,66)(H4,42,46,52,53,61)/t21?,22-,23?,28?,29?,30?,37?/m0/s1. The number of carboxylic acids is 1. The zero-order chi connectivity index (χ0) is 58.0. The van der Waals surface area contributed by atoms with Crippen LogP contribution in [0.2, 0.25) is 0 Å². The molecule has 2 aliphatic heterocycles. The molecule has 434 valence electrons. The Morgan fingerprint density at radius 2 is 1.70 bits per heavy atom. The number of nitrogens with two attached hydrogens (primary N) is 2. The van der Waals surface area contributed by atoms with Crippen LogP contribution < -0.4 is 48.9 Å². The van der Waals surface area contributed by atoms with Crippen LogP contribution in [0.15, 0.2) is 41.7 Å². The number of carboxylic acid groups (broad SMARTS) is 1. The largest absolute Gasteiger partial charge is 0.481 e. The smallest absolute Gasteiger partial charge is 0.481 e. The van der Waals surface area contributed by atoms with Crippen LogP contribution in [0.4, 0.5) is 29.0 Å². The minimum absolute atomic E-state index is 0.00195. The van der Waals surface area contributed by atoms with Crippen LogP contribution in [0, 0.1) is 5.41 Å². The maximum absolute atomic E-state index is 13.1. The molecule has 5 heterocycles. The van der Waals surface area contributed by atoms with E-state index >= 15 is 0 Å². The highest BCUT2D eigenvalue weighted by molar-refractivity contribution is 8.13. The molecule has 35 nitrogen and oxygen atoms in total. The van der Waals surface area contributed by atoms with Crippen molar-refractivity contribution in [1.82, 2.24) is 45.4 Å². The van der Waals surface area contributed by atoms with Crippen LogP contribution in [0.5, 0.6) is 0 Å². The van der Waals surface area contributed by atoms with Gasteiger partial charge in [-0.1, -0.05) is 25.6 Å². The first-order valence-electron chi connectivity index (χ1n) is 23.3. The van der Waals surface area contributed by atoms with Crippen LogP contribution in [0.1, 0.15) is 49.7 Å². The molecule has 3 amide bonds. The van der Waals surface area contributed by atoms with E-state index in [0.717, 1.165) is 29.0 Å². The number of amides is 3. The zero-order valence-corrected chi connectivity index (χ0v) is 45.1. The number of fused-ring (bicyclic) bond motifs is 2. The van der Waals surface area contributed by atoms with Crippen LogP contribution >= 0.6 is 35.2 Å². The van der Waals surface area contributed by atoms with Gasteiger partial charge in [0.1, 0.15) is 41.9 Å². The Kier molecular flexibility index (Phi) is 20.7. The van der Waals surface area contributed by atoms with E-state index in [1.165, 1.54) is 26.0 Å². The number of phosphoric ester groups is 3. The van der Waals surface area contributed by atoms with E-state index < -0.39 is 120 Å². The van der Waals surface area contributed by atoms with Gasteiger partial charge in [-0.05, 0) is 30.7 Å². The highest BCUT2D eigenvalue weighted by Gasteiger charge is 2.50. The van der Waals surface area contributed by atoms with Crippen molar-refractivity contribution in [3.63, 3.8) is 0 Å². The lowest BCUT2D eigenvalue weighted by Gasteiger charge is -2.30. The van der Waals surface area contributed by atoms with Crippen molar-refractivity contribution >= 4 is 104 Å². The van der Waals surface area contributed by atoms with Gasteiger partial charge >= 0.3 is 29.4 Å². The van der Waals surface area contributed by atoms with Crippen molar-refractivity contribution in [2.45, 2.75) is 75.8 Å². The van der Waals surface area contributed by atoms with Crippen molar-refractivity contribution in [3.8, 4) is 0 Å². The number of hydrogen-bond donors (Lipinski definition) is 16. The Balaban J connectivity index is 0.887. The van der Waals surface area contributed by atoms with E-state index in [4.69, 9.17) is 25.3 Å². The number of carbonyl (C=O) groups is 5. The van der Waals surface area contributed by atoms with E-state index in [1.807, 2.05) is 0 Å². The Morgan fingerprint density at radius 3 is 2.39 bits per heavy atom. The van der Waals surface area contributed by atoms with Gasteiger partial charge in [0.15, 0.2) is 23.5 Å². The van der Waals surface area contributed by atoms with Crippen LogP contribution in [0.25, 0.3) is 11.2 Å². The molecule has 1 fully saturated rings. The number of rotatable bonds is 28. The van der Waals surface area contributed by atoms with Crippen LogP contribution in [0.3, 0.4) is 0 Å². The summed E-state index contributed by atoms with van der Waals surface area (Å²) in [5.41, 5.74) is 10.3. The third kappa shape index (κ3) is 17.6. The second-order valence-electron chi connectivity index (χ2n) is 18.1. The highest BCUT2D eigenvalue weighted by atomic mass is 32.2. The summed E-state index contributed by atoms with van der Waals surface area (Å²) in [6.45, 7) is 0.663. The molecule has 39 heteroatoms. The van der Waals surface area contributed by atoms with E-state index in [1.54, 1.807) is 12.1 Å². The van der Waals surface area contributed by atoms with Gasteiger partial charge in [-0.15, -0.1) is 0 Å². The first kappa shape index (κ1) is 62.0. The summed E-state index contributed by atoms with van der Waals surface area (Å²) in [7, 11) is -16.6. The monoisotopic (exact) mass is 1190 g/mol. The number of ether oxygens (including phenoxy) is 1. The van der Waals surface area contributed by atoms with Crippen LogP contribution in [-0.4, -0.2) is 175 Å². The molecule has 1 saturated heterocycles. The molecule has 18 N–H and O–H groups in total. The zero-order valence-electron chi connectivity index (χ0n) is 41.6. The quantitative estimate of drug-likeness (QED) is 0.0223. The molecule has 2 aliphatic rings. The minimum Gasteiger partial charge on any atom is -0.481 e. The highest BCUT2D eigenvalue weighted by Crippen LogP contribution is 2.61. The van der Waals surface area contributed by atoms with E-state index in [0.29, 0.717) is 24.6 Å². The fraction of sp³-hybridized carbons (Fsp3) is 0.500. The van der Waals surface area contributed by atoms with Gasteiger partial charge in [0.25, 0.3) is 11.5 Å². The van der Waals surface area contributed by atoms with Gasteiger partial charge in [-0.2, -0.15) is 9.29 Å². The molecule has 3 aromatic heterocycles. The van der Waals surface area contributed by atoms with Crippen molar-refractivity contribution in [2.24, 2.45) is 5.41 Å². The van der Waals surface area contributed by atoms with Gasteiger partial charge in [-0.25, -0.2) is 28.6 Å². The lowest BCUT2D eigenvalue weighted by Crippen LogP contribution is -2.46. The van der Waals surface area contributed by atoms with E-state index in [9.17, 15) is 77.4 Å². The van der Waals surface area contributed by atoms with Crippen molar-refractivity contribution in [3.05, 3.63) is 52.8 Å². The summed E-state index contributed by atoms with van der Waals surface area (Å²) in [4.78, 5) is 133. The average Bonchev–Trinajstić information content (AvgIpc) is 3.95. The second kappa shape index (κ2) is 26.4. The van der Waals surface area contributed by atoms with Gasteiger partial charge < -0.3 is 83.0 Å². The number of aliphatic hydroxyl groups excluding tert-OH is 2. The van der Waals surface area contributed by atoms with Crippen LogP contribution in [-0.2, 0) is 55.5 Å². The van der Waals surface area contributed by atoms with E-state index in [-0.39, 0.29) is 71.9 Å². The fourth-order valence-corrected chi connectivity index (χ4v) is 11.1. The summed E-state index contributed by atoms with van der Waals surface area (Å²) in [6, 6.07) is 4.81. The topological polar surface area (TPSA) is 538 Å². The summed E-state index contributed by atoms with van der Waals surface area (Å²) in [5.74, 6) is -3.28. The predicted octanol–water partition coefficient (Wildman–Crippen LogP) is -1.69. The van der Waals surface area contributed by atoms with Gasteiger partial charge in [0, 0.05) is 61.4 Å². The predicted molar refractivity (Wildman–Crippen MR) is 275 cm³/mol. The Labute approximate surface area is 450 Å². The van der Waals surface area contributed by atoms with Gasteiger partial charge in [-0.3, -0.25) is 51.9 Å². The summed E-state index contributed by atoms with van der Waals surface area (Å²) in [5, 5.41) is 47.1. The number of imidazole rings is 1. The Morgan fingerprint density at radius 1 is 0.987 bits per heavy atom. The fourth-order valence-electron chi connectivity index (χ4n) is 7.47. The Bertz CT molecular complexity index is 3080. The number of hydrogen-bond acceptors (Lipinski definition) is 26. The lowest BCUT2D eigenvalue weighted by atomic mass is 9.87. The first-order chi connectivity index (χ1) is 37.0. The molecule has 1 aromatic carbocycles. The molecule has 79 heavy (non-hydrogen) atoms. The lowest BCUT2D eigenvalue weighted by molar-refractivity contribution is -0.138. The normalized spacial score (nSPS) is 20.5. The first-order valence-corrected chi connectivity index (χ1v) is 28.8. The number of thioether (sulfide) groups is 1. The molecule has 0 bridgehead atoms. The minimum atomic E-state index is -5.64. The summed E-state index contributed by atoms with van der Waals surface area (Å²) < 4.78 is 62.5. The molecule has 0 radical (unpaired) electrons. The van der Waals surface area contributed by atoms with Crippen molar-refractivity contribution in [2.75, 3.05) is 72.6 Å². The SMILES string of the molecule is CC(C)(COP(=O)(O)OP(=O)(O)OCC1OC(n2cnc3c(N)ncnc32)C(O)C1OP(=O)(O)O)C(O)C(=O)NCCC(=O)NCCSC(=O)[C@H](CCC(=O)O)NC(=O)c1ccc(NCC2CNc3nc(N)[nH]c(=O)c3N2)cc1. The second-order valence-corrected chi connectivity index (χ2v) is 23.4. The Hall–Kier alpha value is -6.20. The van der Waals surface area contributed by atoms with Crippen molar-refractivity contribution in [1.29, 1.82) is 0 Å². The average molecular weight is 1190 g/mol. The molecular formula is C40H57N14O21P3S. The summed E-state index contributed by atoms with van der Waals surface area (Å²) >= 11 is 0.727. The third-order valence-electron chi connectivity index (χ3n) is 11.5. The van der Waals surface area contributed by atoms with E-state index in [2.05, 4.69) is 65.7 Å². The number of aliphatic carboxylic acids is 1. The van der Waals surface area contributed by atoms with Gasteiger partial charge in [0.05, 0.1) is 31.6 Å². The number of benzene rings is 1. The third-order valence-corrected chi connectivity index (χ3v) is 15.6. The number of aliphatic hydroxyl groups is 2. The molecular weight excluding hydrogens is 1140 g/mol. The molecule has 0 aliphatic carbocycles. The number of carbonyl (C=O) groups excluding carboxylic acids is 4. The number of nitrogen functional groups attached to an aromatic ring is 2. The molecule has 8 unspecified atom stereocenters.